The van der Waals surface area contributed by atoms with Gasteiger partial charge in [-0.3, -0.25) is 9.38 Å². The van der Waals surface area contributed by atoms with E-state index < -0.39 is 0 Å². The Bertz CT molecular complexity index is 869. The first-order chi connectivity index (χ1) is 12.2. The van der Waals surface area contributed by atoms with Crippen molar-refractivity contribution in [3.8, 4) is 11.4 Å². The Kier molecular flexibility index (Phi) is 4.31. The standard InChI is InChI=1S/C18H22N6O/c1-13(2)11-15-17-21-12-16(24(17)6-5-19-15)14-3-4-20-18(22-14)23-7-9-25-10-8-23/h3-6,12-13H,7-11H2,1-2H3. The quantitative estimate of drug-likeness (QED) is 0.726. The Labute approximate surface area is 146 Å². The molecule has 0 bridgehead atoms. The molecule has 7 nitrogen and oxygen atoms in total. The fraction of sp³-hybridized carbons (Fsp3) is 0.444. The summed E-state index contributed by atoms with van der Waals surface area (Å²) in [5.74, 6) is 1.28. The average molecular weight is 338 g/mol. The van der Waals surface area contributed by atoms with Crippen molar-refractivity contribution >= 4 is 11.6 Å². The number of ether oxygens (including phenoxy) is 1. The van der Waals surface area contributed by atoms with Crippen LogP contribution in [0.4, 0.5) is 5.95 Å². The van der Waals surface area contributed by atoms with Crippen LogP contribution in [0.15, 0.2) is 30.9 Å². The second kappa shape index (κ2) is 6.76. The summed E-state index contributed by atoms with van der Waals surface area (Å²) in [6.45, 7) is 7.45. The van der Waals surface area contributed by atoms with Gasteiger partial charge >= 0.3 is 0 Å². The molecule has 0 radical (unpaired) electrons. The Morgan fingerprint density at radius 2 is 1.96 bits per heavy atom. The normalized spacial score (nSPS) is 15.2. The van der Waals surface area contributed by atoms with Crippen LogP contribution in [0.3, 0.4) is 0 Å². The van der Waals surface area contributed by atoms with E-state index in [2.05, 4.69) is 38.1 Å². The molecule has 1 aliphatic rings. The zero-order chi connectivity index (χ0) is 17.2. The van der Waals surface area contributed by atoms with Gasteiger partial charge in [-0.1, -0.05) is 13.8 Å². The van der Waals surface area contributed by atoms with E-state index in [0.717, 1.165) is 48.2 Å². The number of hydrogen-bond acceptors (Lipinski definition) is 6. The van der Waals surface area contributed by atoms with E-state index in [0.29, 0.717) is 19.1 Å². The molecule has 0 saturated carbocycles. The third-order valence-corrected chi connectivity index (χ3v) is 4.30. The van der Waals surface area contributed by atoms with Crippen molar-refractivity contribution in [2.75, 3.05) is 31.2 Å². The van der Waals surface area contributed by atoms with Gasteiger partial charge in [-0.05, 0) is 18.4 Å². The fourth-order valence-corrected chi connectivity index (χ4v) is 3.10. The molecule has 0 N–H and O–H groups in total. The van der Waals surface area contributed by atoms with Gasteiger partial charge in [0.2, 0.25) is 5.95 Å². The first-order valence-corrected chi connectivity index (χ1v) is 8.69. The highest BCUT2D eigenvalue weighted by Gasteiger charge is 2.16. The van der Waals surface area contributed by atoms with Gasteiger partial charge in [-0.25, -0.2) is 15.0 Å². The number of imidazole rings is 1. The lowest BCUT2D eigenvalue weighted by Gasteiger charge is -2.26. The predicted molar refractivity (Wildman–Crippen MR) is 95.6 cm³/mol. The summed E-state index contributed by atoms with van der Waals surface area (Å²) in [5, 5.41) is 0. The summed E-state index contributed by atoms with van der Waals surface area (Å²) in [6, 6.07) is 1.93. The Balaban J connectivity index is 1.72. The molecule has 0 aromatic carbocycles. The van der Waals surface area contributed by atoms with Gasteiger partial charge in [-0.15, -0.1) is 0 Å². The maximum Gasteiger partial charge on any atom is 0.226 e. The Morgan fingerprint density at radius 1 is 1.12 bits per heavy atom. The van der Waals surface area contributed by atoms with Crippen LogP contribution in [0.1, 0.15) is 19.5 Å². The molecule has 0 unspecified atom stereocenters. The largest absolute Gasteiger partial charge is 0.378 e. The number of nitrogens with zero attached hydrogens (tertiary/aromatic N) is 6. The number of anilines is 1. The van der Waals surface area contributed by atoms with E-state index in [4.69, 9.17) is 9.72 Å². The first kappa shape index (κ1) is 16.0. The molecule has 1 fully saturated rings. The zero-order valence-electron chi connectivity index (χ0n) is 14.6. The van der Waals surface area contributed by atoms with Crippen molar-refractivity contribution in [2.24, 2.45) is 5.92 Å². The molecular formula is C18H22N6O. The lowest BCUT2D eigenvalue weighted by Crippen LogP contribution is -2.37. The predicted octanol–water partition coefficient (Wildman–Crippen LogP) is 2.22. The van der Waals surface area contributed by atoms with Crippen molar-refractivity contribution in [1.82, 2.24) is 24.3 Å². The van der Waals surface area contributed by atoms with E-state index in [1.54, 1.807) is 0 Å². The molecule has 1 saturated heterocycles. The minimum absolute atomic E-state index is 0.533. The molecule has 25 heavy (non-hydrogen) atoms. The minimum atomic E-state index is 0.533. The maximum absolute atomic E-state index is 5.41. The molecule has 7 heteroatoms. The first-order valence-electron chi connectivity index (χ1n) is 8.69. The number of aromatic nitrogens is 5. The van der Waals surface area contributed by atoms with Gasteiger partial charge in [0.15, 0.2) is 5.65 Å². The van der Waals surface area contributed by atoms with Gasteiger partial charge in [0, 0.05) is 31.7 Å². The topological polar surface area (TPSA) is 68.4 Å². The molecule has 0 atom stereocenters. The van der Waals surface area contributed by atoms with Crippen molar-refractivity contribution in [3.63, 3.8) is 0 Å². The summed E-state index contributed by atoms with van der Waals surface area (Å²) in [6.07, 6.45) is 8.36. The molecule has 0 aliphatic carbocycles. The molecule has 130 valence electrons. The van der Waals surface area contributed by atoms with Gasteiger partial charge < -0.3 is 9.64 Å². The van der Waals surface area contributed by atoms with Crippen LogP contribution in [-0.2, 0) is 11.2 Å². The van der Waals surface area contributed by atoms with Crippen molar-refractivity contribution in [1.29, 1.82) is 0 Å². The Morgan fingerprint density at radius 3 is 2.76 bits per heavy atom. The minimum Gasteiger partial charge on any atom is -0.378 e. The number of morpholine rings is 1. The second-order valence-corrected chi connectivity index (χ2v) is 6.65. The maximum atomic E-state index is 5.41. The summed E-state index contributed by atoms with van der Waals surface area (Å²) in [4.78, 5) is 20.4. The molecule has 0 spiro atoms. The molecule has 3 aromatic heterocycles. The summed E-state index contributed by atoms with van der Waals surface area (Å²) in [5.41, 5.74) is 3.74. The van der Waals surface area contributed by atoms with Gasteiger partial charge in [0.1, 0.15) is 0 Å². The van der Waals surface area contributed by atoms with E-state index in [1.165, 1.54) is 0 Å². The smallest absolute Gasteiger partial charge is 0.226 e. The van der Waals surface area contributed by atoms with Gasteiger partial charge in [-0.2, -0.15) is 0 Å². The molecule has 4 heterocycles. The van der Waals surface area contributed by atoms with Crippen LogP contribution in [0.2, 0.25) is 0 Å². The summed E-state index contributed by atoms with van der Waals surface area (Å²) >= 11 is 0. The summed E-state index contributed by atoms with van der Waals surface area (Å²) in [7, 11) is 0. The molecule has 4 rings (SSSR count). The average Bonchev–Trinajstić information content (AvgIpc) is 3.07. The van der Waals surface area contributed by atoms with Gasteiger partial charge in [0.25, 0.3) is 0 Å². The second-order valence-electron chi connectivity index (χ2n) is 6.65. The molecule has 1 aliphatic heterocycles. The van der Waals surface area contributed by atoms with Crippen molar-refractivity contribution in [2.45, 2.75) is 20.3 Å². The van der Waals surface area contributed by atoms with E-state index in [-0.39, 0.29) is 0 Å². The van der Waals surface area contributed by atoms with Crippen molar-refractivity contribution in [3.05, 3.63) is 36.5 Å². The number of fused-ring (bicyclic) bond motifs is 1. The van der Waals surface area contributed by atoms with Crippen LogP contribution in [0.25, 0.3) is 17.0 Å². The molecule has 3 aromatic rings. The number of hydrogen-bond donors (Lipinski definition) is 0. The van der Waals surface area contributed by atoms with E-state index in [9.17, 15) is 0 Å². The molecule has 0 amide bonds. The lowest BCUT2D eigenvalue weighted by molar-refractivity contribution is 0.122. The number of rotatable bonds is 4. The fourth-order valence-electron chi connectivity index (χ4n) is 3.10. The summed E-state index contributed by atoms with van der Waals surface area (Å²) < 4.78 is 7.47. The van der Waals surface area contributed by atoms with E-state index in [1.807, 2.05) is 30.9 Å². The zero-order valence-corrected chi connectivity index (χ0v) is 14.6. The van der Waals surface area contributed by atoms with Crippen LogP contribution in [-0.4, -0.2) is 50.6 Å². The highest BCUT2D eigenvalue weighted by Crippen LogP contribution is 2.22. The highest BCUT2D eigenvalue weighted by molar-refractivity contribution is 5.62. The van der Waals surface area contributed by atoms with Crippen LogP contribution in [0, 0.1) is 5.92 Å². The molecular weight excluding hydrogens is 316 g/mol. The van der Waals surface area contributed by atoms with Crippen LogP contribution < -0.4 is 4.90 Å². The third kappa shape index (κ3) is 3.19. The van der Waals surface area contributed by atoms with E-state index >= 15 is 0 Å². The Hall–Kier alpha value is -2.54. The monoisotopic (exact) mass is 338 g/mol. The third-order valence-electron chi connectivity index (χ3n) is 4.30. The highest BCUT2D eigenvalue weighted by atomic mass is 16.5. The van der Waals surface area contributed by atoms with Crippen molar-refractivity contribution < 1.29 is 4.74 Å². The SMILES string of the molecule is CC(C)Cc1nccn2c(-c3ccnc(N4CCOCC4)n3)cnc12. The lowest BCUT2D eigenvalue weighted by atomic mass is 10.1. The van der Waals surface area contributed by atoms with Crippen LogP contribution in [0.5, 0.6) is 0 Å². The van der Waals surface area contributed by atoms with Crippen LogP contribution >= 0.6 is 0 Å². The van der Waals surface area contributed by atoms with Gasteiger partial charge in [0.05, 0.1) is 36.5 Å².